The van der Waals surface area contributed by atoms with Gasteiger partial charge in [0.15, 0.2) is 0 Å². The van der Waals surface area contributed by atoms with E-state index in [2.05, 4.69) is 42.1 Å². The monoisotopic (exact) mass is 497 g/mol. The van der Waals surface area contributed by atoms with E-state index in [0.717, 1.165) is 51.9 Å². The summed E-state index contributed by atoms with van der Waals surface area (Å²) in [5.41, 5.74) is 5.18. The van der Waals surface area contributed by atoms with Crippen LogP contribution in [0.4, 0.5) is 5.69 Å². The van der Waals surface area contributed by atoms with Crippen molar-refractivity contribution in [3.05, 3.63) is 77.5 Å². The summed E-state index contributed by atoms with van der Waals surface area (Å²) in [7, 11) is 0.786. The lowest BCUT2D eigenvalue weighted by molar-refractivity contribution is -0.110. The Morgan fingerprint density at radius 1 is 1.11 bits per heavy atom. The number of amides is 1. The van der Waals surface area contributed by atoms with Crippen molar-refractivity contribution in [3.63, 3.8) is 0 Å². The maximum absolute atomic E-state index is 12.6. The van der Waals surface area contributed by atoms with Crippen LogP contribution in [0.1, 0.15) is 22.6 Å². The second-order valence-electron chi connectivity index (χ2n) is 10.3. The Hall–Kier alpha value is -3.75. The highest BCUT2D eigenvalue weighted by Crippen LogP contribution is 2.33. The zero-order valence-corrected chi connectivity index (χ0v) is 22.2. The average molecular weight is 498 g/mol. The second kappa shape index (κ2) is 9.71. The Morgan fingerprint density at radius 3 is 2.72 bits per heavy atom. The standard InChI is InChI=1S/C28H31N5O2Si/c1-32-14-13-29-27(32)12-11-25-22-10-9-20(17-23-21-7-5-6-8-24(21)30-28(23)34)18-26(22)33(31-25)19-35-15-16-36(2,3)4/h5-14,17-18H,15-16,19H2,1-4H3,(H,30,34)/b12-11+,23-17+. The summed E-state index contributed by atoms with van der Waals surface area (Å²) >= 11 is 0. The van der Waals surface area contributed by atoms with Gasteiger partial charge in [-0.3, -0.25) is 4.79 Å². The third-order valence-corrected chi connectivity index (χ3v) is 7.99. The summed E-state index contributed by atoms with van der Waals surface area (Å²) in [4.78, 5) is 17.0. The second-order valence-corrected chi connectivity index (χ2v) is 15.9. The molecule has 5 rings (SSSR count). The fraction of sp³-hybridized carbons (Fsp3) is 0.250. The minimum atomic E-state index is -1.18. The number of benzene rings is 2. The van der Waals surface area contributed by atoms with E-state index in [1.165, 1.54) is 0 Å². The average Bonchev–Trinajstić information content (AvgIpc) is 3.50. The van der Waals surface area contributed by atoms with Gasteiger partial charge in [0.05, 0.1) is 11.2 Å². The summed E-state index contributed by atoms with van der Waals surface area (Å²) in [6.45, 7) is 8.13. The maximum atomic E-state index is 12.6. The Morgan fingerprint density at radius 2 is 1.94 bits per heavy atom. The largest absolute Gasteiger partial charge is 0.360 e. The Labute approximate surface area is 212 Å². The molecule has 7 nitrogen and oxygen atoms in total. The molecule has 1 N–H and O–H groups in total. The maximum Gasteiger partial charge on any atom is 0.256 e. The van der Waals surface area contributed by atoms with Gasteiger partial charge < -0.3 is 14.6 Å². The number of hydrogen-bond donors (Lipinski definition) is 1. The van der Waals surface area contributed by atoms with Gasteiger partial charge in [0.1, 0.15) is 12.6 Å². The van der Waals surface area contributed by atoms with Crippen LogP contribution in [0.15, 0.2) is 54.9 Å². The van der Waals surface area contributed by atoms with Gasteiger partial charge in [-0.05, 0) is 48.0 Å². The minimum absolute atomic E-state index is 0.0850. The van der Waals surface area contributed by atoms with Crippen LogP contribution in [0.2, 0.25) is 25.7 Å². The normalized spacial score (nSPS) is 14.8. The van der Waals surface area contributed by atoms with Crippen molar-refractivity contribution in [2.45, 2.75) is 32.4 Å². The Bertz CT molecular complexity index is 1490. The topological polar surface area (TPSA) is 74.0 Å². The van der Waals surface area contributed by atoms with Crippen LogP contribution in [0.25, 0.3) is 34.7 Å². The van der Waals surface area contributed by atoms with E-state index in [0.29, 0.717) is 12.3 Å². The van der Waals surface area contributed by atoms with Gasteiger partial charge in [-0.15, -0.1) is 0 Å². The molecule has 0 spiro atoms. The van der Waals surface area contributed by atoms with E-state index in [9.17, 15) is 4.79 Å². The lowest BCUT2D eigenvalue weighted by Gasteiger charge is -2.15. The van der Waals surface area contributed by atoms with Crippen molar-refractivity contribution in [2.24, 2.45) is 7.05 Å². The molecule has 1 aliphatic heterocycles. The van der Waals surface area contributed by atoms with Crippen LogP contribution in [-0.4, -0.2) is 39.9 Å². The van der Waals surface area contributed by atoms with Gasteiger partial charge in [-0.1, -0.05) is 43.9 Å². The first kappa shape index (κ1) is 24.0. The molecular weight excluding hydrogens is 466 g/mol. The molecule has 184 valence electrons. The van der Waals surface area contributed by atoms with Gasteiger partial charge in [-0.25, -0.2) is 9.67 Å². The number of rotatable bonds is 8. The number of hydrogen-bond acceptors (Lipinski definition) is 4. The van der Waals surface area contributed by atoms with Crippen molar-refractivity contribution in [3.8, 4) is 0 Å². The van der Waals surface area contributed by atoms with Crippen molar-refractivity contribution < 1.29 is 9.53 Å². The zero-order chi connectivity index (χ0) is 25.3. The SMILES string of the molecule is Cn1ccnc1/C=C/c1nn(COCC[Si](C)(C)C)c2cc(/C=C3/C(=O)Nc4ccccc43)ccc12. The highest BCUT2D eigenvalue weighted by atomic mass is 28.3. The Balaban J connectivity index is 1.50. The van der Waals surface area contributed by atoms with Crippen LogP contribution >= 0.6 is 0 Å². The molecule has 1 amide bonds. The third kappa shape index (κ3) is 5.10. The van der Waals surface area contributed by atoms with Crippen LogP contribution in [-0.2, 0) is 23.3 Å². The number of ether oxygens (including phenoxy) is 1. The molecule has 0 bridgehead atoms. The first-order valence-corrected chi connectivity index (χ1v) is 15.9. The number of anilines is 1. The third-order valence-electron chi connectivity index (χ3n) is 6.28. The van der Waals surface area contributed by atoms with Crippen molar-refractivity contribution in [1.29, 1.82) is 0 Å². The van der Waals surface area contributed by atoms with Crippen LogP contribution in [0.3, 0.4) is 0 Å². The van der Waals surface area contributed by atoms with Crippen LogP contribution < -0.4 is 5.32 Å². The first-order valence-electron chi connectivity index (χ1n) is 12.1. The first-order chi connectivity index (χ1) is 17.3. The number of nitrogens with zero attached hydrogens (tertiary/aromatic N) is 4. The predicted octanol–water partition coefficient (Wildman–Crippen LogP) is 5.75. The molecule has 0 unspecified atom stereocenters. The zero-order valence-electron chi connectivity index (χ0n) is 21.2. The number of aromatic nitrogens is 4. The van der Waals surface area contributed by atoms with E-state index in [-0.39, 0.29) is 5.91 Å². The highest BCUT2D eigenvalue weighted by Gasteiger charge is 2.23. The lowest BCUT2D eigenvalue weighted by Crippen LogP contribution is -2.22. The lowest BCUT2D eigenvalue weighted by atomic mass is 10.0. The number of fused-ring (bicyclic) bond motifs is 2. The molecule has 4 aromatic rings. The number of carbonyl (C=O) groups is 1. The van der Waals surface area contributed by atoms with E-state index in [1.807, 2.05) is 71.1 Å². The summed E-state index contributed by atoms with van der Waals surface area (Å²) < 4.78 is 9.91. The molecular formula is C28H31N5O2Si. The molecule has 0 atom stereocenters. The number of para-hydroxylation sites is 1. The van der Waals surface area contributed by atoms with Crippen LogP contribution in [0, 0.1) is 0 Å². The molecule has 0 fully saturated rings. The Kier molecular flexibility index (Phi) is 6.47. The highest BCUT2D eigenvalue weighted by molar-refractivity contribution is 6.76. The molecule has 0 saturated carbocycles. The molecule has 0 saturated heterocycles. The van der Waals surface area contributed by atoms with Gasteiger partial charge in [0, 0.05) is 56.3 Å². The van der Waals surface area contributed by atoms with E-state index >= 15 is 0 Å². The number of nitrogens with one attached hydrogen (secondary N) is 1. The summed E-state index contributed by atoms with van der Waals surface area (Å²) in [5.74, 6) is 0.773. The predicted molar refractivity (Wildman–Crippen MR) is 149 cm³/mol. The fourth-order valence-electron chi connectivity index (χ4n) is 4.20. The summed E-state index contributed by atoms with van der Waals surface area (Å²) in [6.07, 6.45) is 9.59. The summed E-state index contributed by atoms with van der Waals surface area (Å²) in [6, 6.07) is 15.0. The van der Waals surface area contributed by atoms with Gasteiger partial charge in [0.2, 0.25) is 0 Å². The van der Waals surface area contributed by atoms with Gasteiger partial charge in [0.25, 0.3) is 5.91 Å². The molecule has 0 aliphatic carbocycles. The van der Waals surface area contributed by atoms with Gasteiger partial charge in [-0.2, -0.15) is 5.10 Å². The molecule has 8 heteroatoms. The molecule has 2 aromatic heterocycles. The van der Waals surface area contributed by atoms with Crippen molar-refractivity contribution in [2.75, 3.05) is 11.9 Å². The molecule has 0 radical (unpaired) electrons. The number of imidazole rings is 1. The smallest absolute Gasteiger partial charge is 0.256 e. The summed E-state index contributed by atoms with van der Waals surface area (Å²) in [5, 5.41) is 8.82. The minimum Gasteiger partial charge on any atom is -0.360 e. The van der Waals surface area contributed by atoms with Crippen LogP contribution in [0.5, 0.6) is 0 Å². The van der Waals surface area contributed by atoms with E-state index < -0.39 is 8.07 Å². The number of aryl methyl sites for hydroxylation is 1. The van der Waals surface area contributed by atoms with Crippen molar-refractivity contribution in [1.82, 2.24) is 19.3 Å². The van der Waals surface area contributed by atoms with E-state index in [4.69, 9.17) is 9.84 Å². The molecule has 36 heavy (non-hydrogen) atoms. The quantitative estimate of drug-likeness (QED) is 0.191. The molecule has 2 aromatic carbocycles. The van der Waals surface area contributed by atoms with E-state index in [1.54, 1.807) is 6.20 Å². The fourth-order valence-corrected chi connectivity index (χ4v) is 4.95. The van der Waals surface area contributed by atoms with Gasteiger partial charge >= 0.3 is 0 Å². The molecule has 1 aliphatic rings. The van der Waals surface area contributed by atoms with Crippen molar-refractivity contribution >= 4 is 54.4 Å². The number of carbonyl (C=O) groups excluding carboxylic acids is 1. The molecule has 3 heterocycles.